The lowest BCUT2D eigenvalue weighted by Crippen LogP contribution is -2.25. The van der Waals surface area contributed by atoms with E-state index in [4.69, 9.17) is 15.2 Å². The van der Waals surface area contributed by atoms with Crippen LogP contribution in [0.15, 0.2) is 18.2 Å². The van der Waals surface area contributed by atoms with E-state index in [2.05, 4.69) is 4.74 Å². The standard InChI is InChI=1S/C13H19NO4/c1-8(14)10-5-6-11(12(7-10)16-3)18-9(2)13(15)17-4/h5-9H,14H2,1-4H3. The van der Waals surface area contributed by atoms with Gasteiger partial charge in [0.2, 0.25) is 0 Å². The molecule has 0 radical (unpaired) electrons. The summed E-state index contributed by atoms with van der Waals surface area (Å²) < 4.78 is 15.3. The normalized spacial score (nSPS) is 13.6. The van der Waals surface area contributed by atoms with Gasteiger partial charge in [-0.1, -0.05) is 6.07 Å². The first-order valence-electron chi connectivity index (χ1n) is 5.67. The lowest BCUT2D eigenvalue weighted by molar-refractivity contribution is -0.147. The fourth-order valence-corrected chi connectivity index (χ4v) is 1.47. The van der Waals surface area contributed by atoms with E-state index in [0.717, 1.165) is 5.56 Å². The highest BCUT2D eigenvalue weighted by Gasteiger charge is 2.17. The molecule has 1 rings (SSSR count). The third kappa shape index (κ3) is 3.37. The molecule has 0 aliphatic carbocycles. The highest BCUT2D eigenvalue weighted by molar-refractivity contribution is 5.74. The van der Waals surface area contributed by atoms with Crippen LogP contribution in [0.25, 0.3) is 0 Å². The van der Waals surface area contributed by atoms with E-state index < -0.39 is 12.1 Å². The third-order valence-electron chi connectivity index (χ3n) is 2.55. The Bertz CT molecular complexity index is 417. The molecule has 2 N–H and O–H groups in total. The van der Waals surface area contributed by atoms with Crippen LogP contribution in [0.4, 0.5) is 0 Å². The molecule has 0 spiro atoms. The fourth-order valence-electron chi connectivity index (χ4n) is 1.47. The Labute approximate surface area is 107 Å². The van der Waals surface area contributed by atoms with Gasteiger partial charge >= 0.3 is 5.97 Å². The summed E-state index contributed by atoms with van der Waals surface area (Å²) in [5, 5.41) is 0. The number of hydrogen-bond donors (Lipinski definition) is 1. The molecular weight excluding hydrogens is 234 g/mol. The molecule has 0 aliphatic heterocycles. The molecule has 1 aromatic rings. The van der Waals surface area contributed by atoms with Crippen LogP contribution in [0, 0.1) is 0 Å². The van der Waals surface area contributed by atoms with Crippen LogP contribution >= 0.6 is 0 Å². The van der Waals surface area contributed by atoms with Crippen LogP contribution in [0.5, 0.6) is 11.5 Å². The molecule has 0 saturated heterocycles. The zero-order valence-electron chi connectivity index (χ0n) is 11.1. The molecule has 5 nitrogen and oxygen atoms in total. The minimum atomic E-state index is -0.690. The first-order valence-corrected chi connectivity index (χ1v) is 5.67. The van der Waals surface area contributed by atoms with Crippen LogP contribution in [0.1, 0.15) is 25.5 Å². The van der Waals surface area contributed by atoms with Gasteiger partial charge in [0, 0.05) is 6.04 Å². The molecule has 1 aromatic carbocycles. The largest absolute Gasteiger partial charge is 0.493 e. The predicted octanol–water partition coefficient (Wildman–Crippen LogP) is 1.66. The van der Waals surface area contributed by atoms with Gasteiger partial charge in [0.15, 0.2) is 17.6 Å². The number of methoxy groups -OCH3 is 2. The molecule has 2 atom stereocenters. The number of benzene rings is 1. The highest BCUT2D eigenvalue weighted by Crippen LogP contribution is 2.30. The second kappa shape index (κ2) is 6.26. The molecule has 0 aliphatic rings. The Morgan fingerprint density at radius 1 is 1.22 bits per heavy atom. The summed E-state index contributed by atoms with van der Waals surface area (Å²) in [6, 6.07) is 5.28. The molecule has 100 valence electrons. The summed E-state index contributed by atoms with van der Waals surface area (Å²) in [5.41, 5.74) is 6.72. The van der Waals surface area contributed by atoms with Crippen molar-refractivity contribution in [2.75, 3.05) is 14.2 Å². The first-order chi connectivity index (χ1) is 8.49. The van der Waals surface area contributed by atoms with Crippen LogP contribution in [-0.4, -0.2) is 26.3 Å². The number of esters is 1. The second-order valence-electron chi connectivity index (χ2n) is 3.98. The molecule has 0 amide bonds. The minimum absolute atomic E-state index is 0.0917. The van der Waals surface area contributed by atoms with Gasteiger partial charge in [-0.2, -0.15) is 0 Å². The summed E-state index contributed by atoms with van der Waals surface area (Å²) in [4.78, 5) is 11.3. The van der Waals surface area contributed by atoms with Crippen molar-refractivity contribution in [2.45, 2.75) is 26.0 Å². The monoisotopic (exact) mass is 253 g/mol. The average molecular weight is 253 g/mol. The summed E-state index contributed by atoms with van der Waals surface area (Å²) in [6.07, 6.45) is -0.690. The summed E-state index contributed by atoms with van der Waals surface area (Å²) in [5.74, 6) is 0.591. The molecular formula is C13H19NO4. The Morgan fingerprint density at radius 2 is 1.89 bits per heavy atom. The quantitative estimate of drug-likeness (QED) is 0.808. The van der Waals surface area contributed by atoms with Gasteiger partial charge in [0.25, 0.3) is 0 Å². The highest BCUT2D eigenvalue weighted by atomic mass is 16.6. The van der Waals surface area contributed by atoms with E-state index in [1.165, 1.54) is 14.2 Å². The third-order valence-corrected chi connectivity index (χ3v) is 2.55. The molecule has 0 aromatic heterocycles. The Morgan fingerprint density at radius 3 is 2.39 bits per heavy atom. The van der Waals surface area contributed by atoms with E-state index in [-0.39, 0.29) is 6.04 Å². The van der Waals surface area contributed by atoms with Gasteiger partial charge in [-0.25, -0.2) is 4.79 Å². The number of ether oxygens (including phenoxy) is 3. The molecule has 0 bridgehead atoms. The molecule has 0 saturated carbocycles. The number of hydrogen-bond acceptors (Lipinski definition) is 5. The van der Waals surface area contributed by atoms with Crippen molar-refractivity contribution in [2.24, 2.45) is 5.73 Å². The number of carbonyl (C=O) groups excluding carboxylic acids is 1. The maximum atomic E-state index is 11.3. The minimum Gasteiger partial charge on any atom is -0.493 e. The van der Waals surface area contributed by atoms with Gasteiger partial charge < -0.3 is 19.9 Å². The lowest BCUT2D eigenvalue weighted by Gasteiger charge is -2.16. The molecule has 18 heavy (non-hydrogen) atoms. The maximum Gasteiger partial charge on any atom is 0.346 e. The van der Waals surface area contributed by atoms with Gasteiger partial charge in [-0.15, -0.1) is 0 Å². The van der Waals surface area contributed by atoms with Gasteiger partial charge in [-0.3, -0.25) is 0 Å². The molecule has 0 fully saturated rings. The van der Waals surface area contributed by atoms with Crippen molar-refractivity contribution in [1.29, 1.82) is 0 Å². The second-order valence-corrected chi connectivity index (χ2v) is 3.98. The van der Waals surface area contributed by atoms with Crippen molar-refractivity contribution < 1.29 is 19.0 Å². The van der Waals surface area contributed by atoms with E-state index in [1.807, 2.05) is 13.0 Å². The lowest BCUT2D eigenvalue weighted by atomic mass is 10.1. The van der Waals surface area contributed by atoms with Crippen molar-refractivity contribution in [3.8, 4) is 11.5 Å². The van der Waals surface area contributed by atoms with Gasteiger partial charge in [0.05, 0.1) is 14.2 Å². The van der Waals surface area contributed by atoms with E-state index in [1.54, 1.807) is 19.1 Å². The first kappa shape index (κ1) is 14.3. The van der Waals surface area contributed by atoms with Crippen LogP contribution < -0.4 is 15.2 Å². The van der Waals surface area contributed by atoms with E-state index in [0.29, 0.717) is 11.5 Å². The SMILES string of the molecule is COC(=O)C(C)Oc1ccc(C(C)N)cc1OC. The summed E-state index contributed by atoms with van der Waals surface area (Å²) in [7, 11) is 2.86. The fraction of sp³-hybridized carbons (Fsp3) is 0.462. The van der Waals surface area contributed by atoms with Crippen molar-refractivity contribution in [3.63, 3.8) is 0 Å². The van der Waals surface area contributed by atoms with Gasteiger partial charge in [-0.05, 0) is 31.5 Å². The molecule has 0 heterocycles. The number of carbonyl (C=O) groups is 1. The van der Waals surface area contributed by atoms with Crippen LogP contribution in [-0.2, 0) is 9.53 Å². The Hall–Kier alpha value is -1.75. The van der Waals surface area contributed by atoms with Crippen LogP contribution in [0.3, 0.4) is 0 Å². The van der Waals surface area contributed by atoms with Crippen molar-refractivity contribution >= 4 is 5.97 Å². The van der Waals surface area contributed by atoms with Crippen molar-refractivity contribution in [1.82, 2.24) is 0 Å². The topological polar surface area (TPSA) is 70.8 Å². The number of nitrogens with two attached hydrogens (primary N) is 1. The van der Waals surface area contributed by atoms with E-state index in [9.17, 15) is 4.79 Å². The predicted molar refractivity (Wildman–Crippen MR) is 67.7 cm³/mol. The zero-order valence-corrected chi connectivity index (χ0v) is 11.1. The zero-order chi connectivity index (χ0) is 13.7. The Kier molecular flexibility index (Phi) is 4.97. The van der Waals surface area contributed by atoms with E-state index >= 15 is 0 Å². The Balaban J connectivity index is 2.92. The number of rotatable bonds is 5. The smallest absolute Gasteiger partial charge is 0.346 e. The van der Waals surface area contributed by atoms with Crippen molar-refractivity contribution in [3.05, 3.63) is 23.8 Å². The average Bonchev–Trinajstić information content (AvgIpc) is 2.37. The van der Waals surface area contributed by atoms with Gasteiger partial charge in [0.1, 0.15) is 0 Å². The molecule has 2 unspecified atom stereocenters. The van der Waals surface area contributed by atoms with Crippen LogP contribution in [0.2, 0.25) is 0 Å². The summed E-state index contributed by atoms with van der Waals surface area (Å²) >= 11 is 0. The maximum absolute atomic E-state index is 11.3. The molecule has 5 heteroatoms. The summed E-state index contributed by atoms with van der Waals surface area (Å²) in [6.45, 7) is 3.50.